The Bertz CT molecular complexity index is 2560. The zero-order valence-corrected chi connectivity index (χ0v) is 47.1. The molecule has 75 heavy (non-hydrogen) atoms. The van der Waals surface area contributed by atoms with Crippen molar-refractivity contribution in [1.82, 2.24) is 35.1 Å². The molecule has 4 aliphatic rings. The number of thiophene rings is 1. The molecule has 0 saturated carbocycles. The average Bonchev–Trinajstić information content (AvgIpc) is 4.24. The number of guanidine groups is 1. The largest absolute Gasteiger partial charge is 0.477 e. The molecule has 0 spiro atoms. The number of fused-ring (bicyclic) bond motifs is 1. The highest BCUT2D eigenvalue weighted by Gasteiger charge is 2.33. The van der Waals surface area contributed by atoms with Crippen LogP contribution in [0.5, 0.6) is 0 Å². The Hall–Kier alpha value is -5.85. The number of nitrogen functional groups attached to an aromatic ring is 1. The van der Waals surface area contributed by atoms with E-state index in [-0.39, 0.29) is 35.6 Å². The van der Waals surface area contributed by atoms with E-state index in [1.165, 1.54) is 33.8 Å². The topological polar surface area (TPSA) is 250 Å². The van der Waals surface area contributed by atoms with Crippen molar-refractivity contribution in [3.63, 3.8) is 0 Å². The van der Waals surface area contributed by atoms with Gasteiger partial charge in [-0.05, 0) is 101 Å². The first-order valence-electron chi connectivity index (χ1n) is 26.7. The van der Waals surface area contributed by atoms with Crippen molar-refractivity contribution in [3.8, 4) is 16.5 Å². The molecule has 4 aromatic rings. The SMILES string of the molecule is CC(C)C(=O)C(CN)CCCNC=O.CCC.CN1CC=C(c2noc(C3CCCc4sc(N)c(C#N)c43)n2)N=C1N1CCCN(CCCCOC2=CCN=N2)CC1.Cc1ncsc1-c1ccc(C(C)C(C)O)cc1. The Kier molecular flexibility index (Phi) is 25.0. The first-order chi connectivity index (χ1) is 36.2. The summed E-state index contributed by atoms with van der Waals surface area (Å²) < 4.78 is 11.4. The van der Waals surface area contributed by atoms with Crippen LogP contribution in [0.3, 0.4) is 0 Å². The number of Topliss-reactive ketones (excluding diaryl/α,β-unsaturated/α-hetero) is 1. The lowest BCUT2D eigenvalue weighted by atomic mass is 9.85. The van der Waals surface area contributed by atoms with Gasteiger partial charge in [-0.1, -0.05) is 70.5 Å². The second kappa shape index (κ2) is 31.3. The lowest BCUT2D eigenvalue weighted by Crippen LogP contribution is -2.45. The molecule has 20 heteroatoms. The number of azo groups is 1. The zero-order valence-electron chi connectivity index (χ0n) is 45.5. The summed E-state index contributed by atoms with van der Waals surface area (Å²) >= 11 is 3.17. The van der Waals surface area contributed by atoms with Gasteiger partial charge in [0.2, 0.25) is 30.0 Å². The molecule has 0 bridgehead atoms. The number of aromatic nitrogens is 3. The molecule has 18 nitrogen and oxygen atoms in total. The number of nitrogens with two attached hydrogens (primary N) is 2. The maximum absolute atomic E-state index is 11.6. The van der Waals surface area contributed by atoms with Crippen molar-refractivity contribution >= 4 is 51.5 Å². The van der Waals surface area contributed by atoms with E-state index in [1.807, 2.05) is 52.3 Å². The van der Waals surface area contributed by atoms with E-state index in [4.69, 9.17) is 30.7 Å². The fraction of sp³-hybridized carbons (Fsp3) is 0.582. The molecule has 1 amide bonds. The van der Waals surface area contributed by atoms with Gasteiger partial charge in [0, 0.05) is 75.0 Å². The number of nitrogens with one attached hydrogen (secondary N) is 1. The van der Waals surface area contributed by atoms with Gasteiger partial charge >= 0.3 is 0 Å². The van der Waals surface area contributed by atoms with Crippen LogP contribution in [0, 0.1) is 30.1 Å². The molecule has 0 radical (unpaired) electrons. The van der Waals surface area contributed by atoms with Crippen molar-refractivity contribution in [2.75, 3.05) is 78.3 Å². The highest BCUT2D eigenvalue weighted by atomic mass is 32.1. The molecule has 3 aromatic heterocycles. The van der Waals surface area contributed by atoms with Crippen LogP contribution in [0.2, 0.25) is 0 Å². The Morgan fingerprint density at radius 1 is 1.08 bits per heavy atom. The number of aliphatic hydroxyl groups is 1. The summed E-state index contributed by atoms with van der Waals surface area (Å²) in [4.78, 5) is 45.0. The summed E-state index contributed by atoms with van der Waals surface area (Å²) in [5.74, 6) is 2.91. The van der Waals surface area contributed by atoms with Gasteiger partial charge in [-0.3, -0.25) is 9.59 Å². The number of ether oxygens (including phenoxy) is 1. The molecule has 6 heterocycles. The Labute approximate surface area is 452 Å². The predicted octanol–water partition coefficient (Wildman–Crippen LogP) is 9.14. The van der Waals surface area contributed by atoms with E-state index in [2.05, 4.69) is 91.6 Å². The number of carbonyl (C=O) groups is 2. The molecule has 1 aromatic carbocycles. The van der Waals surface area contributed by atoms with Gasteiger partial charge in [0.1, 0.15) is 22.6 Å². The van der Waals surface area contributed by atoms with Crippen molar-refractivity contribution in [2.45, 2.75) is 124 Å². The van der Waals surface area contributed by atoms with Crippen LogP contribution in [0.15, 0.2) is 67.6 Å². The quantitative estimate of drug-likeness (QED) is 0.0505. The minimum atomic E-state index is -0.314. The van der Waals surface area contributed by atoms with Crippen molar-refractivity contribution in [1.29, 1.82) is 5.26 Å². The van der Waals surface area contributed by atoms with Crippen LogP contribution in [-0.4, -0.2) is 132 Å². The van der Waals surface area contributed by atoms with Crippen molar-refractivity contribution in [2.24, 2.45) is 32.8 Å². The number of aryl methyl sites for hydroxylation is 2. The first kappa shape index (κ1) is 60.0. The highest BCUT2D eigenvalue weighted by Crippen LogP contribution is 2.44. The molecule has 8 rings (SSSR count). The van der Waals surface area contributed by atoms with Gasteiger partial charge in [-0.25, -0.2) is 9.98 Å². The van der Waals surface area contributed by atoms with Crippen molar-refractivity contribution in [3.05, 3.63) is 86.8 Å². The van der Waals surface area contributed by atoms with E-state index in [9.17, 15) is 20.0 Å². The van der Waals surface area contributed by atoms with E-state index >= 15 is 0 Å². The summed E-state index contributed by atoms with van der Waals surface area (Å²) in [7, 11) is 2.07. The van der Waals surface area contributed by atoms with E-state index in [1.54, 1.807) is 11.3 Å². The van der Waals surface area contributed by atoms with Gasteiger partial charge in [0.25, 0.3) is 0 Å². The fourth-order valence-corrected chi connectivity index (χ4v) is 11.0. The number of benzene rings is 1. The molecule has 3 aliphatic heterocycles. The van der Waals surface area contributed by atoms with Crippen LogP contribution in [0.4, 0.5) is 5.00 Å². The number of ketones is 1. The lowest BCUT2D eigenvalue weighted by molar-refractivity contribution is -0.125. The fourth-order valence-electron chi connectivity index (χ4n) is 9.04. The minimum absolute atomic E-state index is 0.0441. The summed E-state index contributed by atoms with van der Waals surface area (Å²) in [5.41, 5.74) is 19.2. The monoisotopic (exact) mass is 1070 g/mol. The molecule has 4 unspecified atom stereocenters. The summed E-state index contributed by atoms with van der Waals surface area (Å²) in [5, 5.41) is 34.6. The molecular weight excluding hydrogens is 987 g/mol. The van der Waals surface area contributed by atoms with Crippen LogP contribution < -0.4 is 16.8 Å². The third kappa shape index (κ3) is 17.6. The minimum Gasteiger partial charge on any atom is -0.477 e. The number of likely N-dealkylation sites (N-methyl/N-ethyl adjacent to an activating group) is 1. The normalized spacial score (nSPS) is 17.5. The number of aliphatic hydroxyl groups excluding tert-OH is 1. The number of aliphatic imine (C=N–C) groups is 1. The van der Waals surface area contributed by atoms with E-state index < -0.39 is 0 Å². The van der Waals surface area contributed by atoms with Gasteiger partial charge in [-0.2, -0.15) is 15.4 Å². The number of amides is 1. The second-order valence-electron chi connectivity index (χ2n) is 19.6. The summed E-state index contributed by atoms with van der Waals surface area (Å²) in [6.45, 7) is 22.0. The molecule has 408 valence electrons. The van der Waals surface area contributed by atoms with E-state index in [0.29, 0.717) is 60.8 Å². The summed E-state index contributed by atoms with van der Waals surface area (Å²) in [6, 6.07) is 10.7. The number of carbonyl (C=O) groups excluding carboxylic acids is 2. The first-order valence-corrected chi connectivity index (χ1v) is 28.4. The smallest absolute Gasteiger partial charge is 0.234 e. The van der Waals surface area contributed by atoms with Gasteiger partial charge < -0.3 is 45.9 Å². The van der Waals surface area contributed by atoms with Crippen LogP contribution in [-0.2, 0) is 20.7 Å². The Morgan fingerprint density at radius 2 is 1.85 bits per heavy atom. The number of unbranched alkanes of at least 4 members (excludes halogenated alkanes) is 1. The third-order valence-electron chi connectivity index (χ3n) is 13.4. The third-order valence-corrected chi connectivity index (χ3v) is 15.5. The maximum Gasteiger partial charge on any atom is 0.234 e. The maximum atomic E-state index is 11.6. The molecular formula is C55H81N13O5S2. The Morgan fingerprint density at radius 3 is 2.51 bits per heavy atom. The van der Waals surface area contributed by atoms with Crippen LogP contribution in [0.1, 0.15) is 144 Å². The highest BCUT2D eigenvalue weighted by molar-refractivity contribution is 7.16. The number of rotatable bonds is 19. The Balaban J connectivity index is 0.000000251. The number of nitriles is 1. The molecule has 1 saturated heterocycles. The number of hydrogen-bond acceptors (Lipinski definition) is 19. The number of nitrogens with zero attached hydrogens (tertiary/aromatic N) is 10. The van der Waals surface area contributed by atoms with Crippen LogP contribution in [0.25, 0.3) is 16.1 Å². The van der Waals surface area contributed by atoms with Gasteiger partial charge in [0.15, 0.2) is 0 Å². The van der Waals surface area contributed by atoms with Crippen molar-refractivity contribution < 1.29 is 24.0 Å². The number of thiazole rings is 1. The predicted molar refractivity (Wildman–Crippen MR) is 300 cm³/mol. The average molecular weight is 1070 g/mol. The van der Waals surface area contributed by atoms with E-state index in [0.717, 1.165) is 118 Å². The second-order valence-corrected chi connectivity index (χ2v) is 21.6. The number of hydrogen-bond donors (Lipinski definition) is 4. The molecule has 4 atom stereocenters. The molecule has 6 N–H and O–H groups in total. The summed E-state index contributed by atoms with van der Waals surface area (Å²) in [6.07, 6.45) is 13.1. The standard InChI is InChI=1S/C28H36N10O2S.C14H17NOS.C10H20N2O2.C3H8/c1-36-14-9-21(26-33-27(40-35-26)19-6-4-7-22-24(19)20(18-29)25(30)41-22)32-28(36)38-13-5-12-37(15-16-38)11-2-3-17-39-23-8-10-31-34-23;1-9(11(3)16)12-4-6-13(7-5-12)14-10(2)15-8-17-14;1-8(2)10(14)9(6-11)4-3-5-12-7-13;1-3-2/h8-9,19H,2-7,10-17,30H2,1H3;4-9,11,16H,1-3H3;7-9H,3-6,11H2,1-2H3,(H,12,13);3H2,1-2H3. The number of anilines is 1. The van der Waals surface area contributed by atoms with Crippen LogP contribution >= 0.6 is 22.7 Å². The zero-order chi connectivity index (χ0) is 54.3. The molecule has 1 aliphatic carbocycles. The molecule has 1 fully saturated rings. The van der Waals surface area contributed by atoms with Gasteiger partial charge in [-0.15, -0.1) is 27.8 Å². The lowest BCUT2D eigenvalue weighted by Gasteiger charge is -2.33. The van der Waals surface area contributed by atoms with Gasteiger partial charge in [0.05, 0.1) is 46.8 Å².